The number of nitrogens with zero attached hydrogens (tertiary/aromatic N) is 1. The van der Waals surface area contributed by atoms with Crippen LogP contribution >= 0.6 is 15.9 Å². The maximum atomic E-state index is 12.4. The van der Waals surface area contributed by atoms with Crippen molar-refractivity contribution in [2.45, 2.75) is 57.6 Å². The van der Waals surface area contributed by atoms with Gasteiger partial charge in [0, 0.05) is 23.0 Å². The lowest BCUT2D eigenvalue weighted by Crippen LogP contribution is -2.52. The van der Waals surface area contributed by atoms with Crippen molar-refractivity contribution in [2.75, 3.05) is 6.54 Å². The summed E-state index contributed by atoms with van der Waals surface area (Å²) in [5, 5.41) is 0. The normalized spacial score (nSPS) is 19.9. The molecule has 1 fully saturated rings. The minimum Gasteiger partial charge on any atom is -0.444 e. The van der Waals surface area contributed by atoms with Crippen LogP contribution in [0.4, 0.5) is 4.79 Å². The number of hydrogen-bond donors (Lipinski definition) is 0. The van der Waals surface area contributed by atoms with Crippen molar-refractivity contribution in [1.82, 2.24) is 4.90 Å². The molecule has 1 aromatic rings. The molecule has 1 spiro atoms. The first-order valence-corrected chi connectivity index (χ1v) is 8.35. The van der Waals surface area contributed by atoms with Crippen molar-refractivity contribution < 1.29 is 9.53 Å². The molecule has 114 valence electrons. The highest BCUT2D eigenvalue weighted by atomic mass is 79.9. The molecular formula is C17H22BrNO2. The number of benzene rings is 1. The second kappa shape index (κ2) is 5.01. The van der Waals surface area contributed by atoms with Crippen LogP contribution in [0.3, 0.4) is 0 Å². The summed E-state index contributed by atoms with van der Waals surface area (Å²) in [7, 11) is 0. The van der Waals surface area contributed by atoms with E-state index in [1.165, 1.54) is 17.5 Å². The lowest BCUT2D eigenvalue weighted by molar-refractivity contribution is 0.00982. The Morgan fingerprint density at radius 3 is 2.62 bits per heavy atom. The lowest BCUT2D eigenvalue weighted by Gasteiger charge is -2.50. The molecule has 1 aliphatic carbocycles. The zero-order valence-electron chi connectivity index (χ0n) is 12.9. The molecule has 0 bridgehead atoms. The van der Waals surface area contributed by atoms with Gasteiger partial charge in [0.15, 0.2) is 0 Å². The third-order valence-electron chi connectivity index (χ3n) is 4.46. The molecule has 0 saturated heterocycles. The predicted molar refractivity (Wildman–Crippen MR) is 86.3 cm³/mol. The highest BCUT2D eigenvalue weighted by molar-refractivity contribution is 9.10. The van der Waals surface area contributed by atoms with Gasteiger partial charge in [0.2, 0.25) is 0 Å². The van der Waals surface area contributed by atoms with E-state index in [9.17, 15) is 4.79 Å². The Bertz CT molecular complexity index is 573. The standard InChI is InChI=1S/C17H22BrNO2/c1-16(2,3)21-15(20)19-10-12-5-6-13(18)9-14(12)17(11-19)7-4-8-17/h5-6,9H,4,7-8,10-11H2,1-3H3. The molecule has 2 aliphatic rings. The molecule has 1 amide bonds. The van der Waals surface area contributed by atoms with Crippen LogP contribution in [-0.2, 0) is 16.7 Å². The first-order valence-electron chi connectivity index (χ1n) is 7.56. The van der Waals surface area contributed by atoms with Gasteiger partial charge in [-0.05, 0) is 56.9 Å². The Morgan fingerprint density at radius 1 is 1.33 bits per heavy atom. The van der Waals surface area contributed by atoms with Crippen LogP contribution in [-0.4, -0.2) is 23.1 Å². The molecule has 1 saturated carbocycles. The molecule has 4 heteroatoms. The van der Waals surface area contributed by atoms with Crippen molar-refractivity contribution in [1.29, 1.82) is 0 Å². The van der Waals surface area contributed by atoms with Gasteiger partial charge in [-0.2, -0.15) is 0 Å². The van der Waals surface area contributed by atoms with Crippen LogP contribution in [0.15, 0.2) is 22.7 Å². The van der Waals surface area contributed by atoms with Gasteiger partial charge in [-0.3, -0.25) is 0 Å². The second-order valence-electron chi connectivity index (χ2n) is 7.27. The van der Waals surface area contributed by atoms with Crippen molar-refractivity contribution in [3.8, 4) is 0 Å². The Morgan fingerprint density at radius 2 is 2.05 bits per heavy atom. The number of amides is 1. The number of halogens is 1. The van der Waals surface area contributed by atoms with E-state index in [4.69, 9.17) is 4.74 Å². The first-order chi connectivity index (χ1) is 9.79. The van der Waals surface area contributed by atoms with E-state index in [1.54, 1.807) is 0 Å². The van der Waals surface area contributed by atoms with E-state index in [0.29, 0.717) is 6.54 Å². The van der Waals surface area contributed by atoms with Crippen molar-refractivity contribution in [3.05, 3.63) is 33.8 Å². The van der Waals surface area contributed by atoms with Gasteiger partial charge in [-0.1, -0.05) is 28.4 Å². The quantitative estimate of drug-likeness (QED) is 0.682. The number of fused-ring (bicyclic) bond motifs is 2. The van der Waals surface area contributed by atoms with Crippen molar-refractivity contribution in [2.24, 2.45) is 0 Å². The molecule has 1 heterocycles. The molecule has 0 radical (unpaired) electrons. The molecule has 0 unspecified atom stereocenters. The Labute approximate surface area is 134 Å². The van der Waals surface area contributed by atoms with E-state index >= 15 is 0 Å². The molecule has 1 aliphatic heterocycles. The van der Waals surface area contributed by atoms with Gasteiger partial charge < -0.3 is 9.64 Å². The van der Waals surface area contributed by atoms with Crippen LogP contribution in [0.5, 0.6) is 0 Å². The van der Waals surface area contributed by atoms with Crippen LogP contribution < -0.4 is 0 Å². The lowest BCUT2D eigenvalue weighted by atomic mass is 9.61. The average Bonchev–Trinajstić information content (AvgIpc) is 2.33. The fourth-order valence-corrected chi connectivity index (χ4v) is 3.74. The van der Waals surface area contributed by atoms with Crippen LogP contribution in [0, 0.1) is 0 Å². The summed E-state index contributed by atoms with van der Waals surface area (Å²) >= 11 is 3.57. The smallest absolute Gasteiger partial charge is 0.410 e. The maximum Gasteiger partial charge on any atom is 0.410 e. The summed E-state index contributed by atoms with van der Waals surface area (Å²) in [6.07, 6.45) is 3.38. The fourth-order valence-electron chi connectivity index (χ4n) is 3.38. The molecule has 3 rings (SSSR count). The largest absolute Gasteiger partial charge is 0.444 e. The summed E-state index contributed by atoms with van der Waals surface area (Å²) < 4.78 is 6.68. The molecule has 21 heavy (non-hydrogen) atoms. The molecule has 0 atom stereocenters. The summed E-state index contributed by atoms with van der Waals surface area (Å²) in [6, 6.07) is 6.43. The van der Waals surface area contributed by atoms with Crippen molar-refractivity contribution >= 4 is 22.0 Å². The number of ether oxygens (including phenoxy) is 1. The molecule has 1 aromatic carbocycles. The Kier molecular flexibility index (Phi) is 3.55. The third-order valence-corrected chi connectivity index (χ3v) is 4.95. The van der Waals surface area contributed by atoms with Gasteiger partial charge in [0.1, 0.15) is 5.60 Å². The maximum absolute atomic E-state index is 12.4. The monoisotopic (exact) mass is 351 g/mol. The van der Waals surface area contributed by atoms with Crippen LogP contribution in [0.25, 0.3) is 0 Å². The van der Waals surface area contributed by atoms with Gasteiger partial charge >= 0.3 is 6.09 Å². The number of carbonyl (C=O) groups excluding carboxylic acids is 1. The van der Waals surface area contributed by atoms with Gasteiger partial charge in [0.25, 0.3) is 0 Å². The Hall–Kier alpha value is -1.03. The summed E-state index contributed by atoms with van der Waals surface area (Å²) in [5.41, 5.74) is 2.39. The minimum atomic E-state index is -0.441. The topological polar surface area (TPSA) is 29.5 Å². The fraction of sp³-hybridized carbons (Fsp3) is 0.588. The predicted octanol–water partition coefficient (Wildman–Crippen LogP) is 4.62. The van der Waals surface area contributed by atoms with Gasteiger partial charge in [0.05, 0.1) is 0 Å². The molecule has 3 nitrogen and oxygen atoms in total. The average molecular weight is 352 g/mol. The summed E-state index contributed by atoms with van der Waals surface area (Å²) in [6.45, 7) is 7.18. The first kappa shape index (κ1) is 14.9. The van der Waals surface area contributed by atoms with Crippen LogP contribution in [0.2, 0.25) is 0 Å². The summed E-state index contributed by atoms with van der Waals surface area (Å²) in [5.74, 6) is 0. The Balaban J connectivity index is 1.89. The zero-order chi connectivity index (χ0) is 15.3. The van der Waals surface area contributed by atoms with Crippen molar-refractivity contribution in [3.63, 3.8) is 0 Å². The minimum absolute atomic E-state index is 0.147. The van der Waals surface area contributed by atoms with Gasteiger partial charge in [-0.25, -0.2) is 4.79 Å². The SMILES string of the molecule is CC(C)(C)OC(=O)N1Cc2ccc(Br)cc2C2(CCC2)C1. The summed E-state index contributed by atoms with van der Waals surface area (Å²) in [4.78, 5) is 14.3. The van der Waals surface area contributed by atoms with E-state index in [2.05, 4.69) is 34.1 Å². The van der Waals surface area contributed by atoms with E-state index in [1.807, 2.05) is 25.7 Å². The highest BCUT2D eigenvalue weighted by Crippen LogP contribution is 2.49. The number of hydrogen-bond acceptors (Lipinski definition) is 2. The number of carbonyl (C=O) groups is 1. The highest BCUT2D eigenvalue weighted by Gasteiger charge is 2.46. The van der Waals surface area contributed by atoms with Gasteiger partial charge in [-0.15, -0.1) is 0 Å². The zero-order valence-corrected chi connectivity index (χ0v) is 14.5. The molecule has 0 N–H and O–H groups in total. The third kappa shape index (κ3) is 2.83. The molecular weight excluding hydrogens is 330 g/mol. The van der Waals surface area contributed by atoms with E-state index in [0.717, 1.165) is 23.9 Å². The van der Waals surface area contributed by atoms with Crippen LogP contribution in [0.1, 0.15) is 51.2 Å². The van der Waals surface area contributed by atoms with E-state index < -0.39 is 5.60 Å². The molecule has 0 aromatic heterocycles. The number of rotatable bonds is 0. The van der Waals surface area contributed by atoms with E-state index in [-0.39, 0.29) is 11.5 Å². The second-order valence-corrected chi connectivity index (χ2v) is 8.19.